The molecule has 0 aromatic heterocycles. The maximum atomic E-state index is 14.2. The maximum absolute atomic E-state index is 14.2. The highest BCUT2D eigenvalue weighted by atomic mass is 16.7. The van der Waals surface area contributed by atoms with Crippen LogP contribution >= 0.6 is 0 Å². The first-order valence-electron chi connectivity index (χ1n) is 21.0. The Morgan fingerprint density at radius 1 is 1.05 bits per heavy atom. The third-order valence-electron chi connectivity index (χ3n) is 13.1. The van der Waals surface area contributed by atoms with Crippen molar-refractivity contribution in [3.05, 3.63) is 83.4 Å². The molecule has 1 saturated heterocycles. The van der Waals surface area contributed by atoms with Gasteiger partial charge >= 0.3 is 0 Å². The molecule has 3 aromatic rings. The number of para-hydroxylation sites is 1. The van der Waals surface area contributed by atoms with Crippen molar-refractivity contribution < 1.29 is 34.8 Å². The highest BCUT2D eigenvalue weighted by molar-refractivity contribution is 5.97. The number of aliphatic hydroxyl groups is 4. The Bertz CT molecular complexity index is 1810. The van der Waals surface area contributed by atoms with Gasteiger partial charge in [-0.15, -0.1) is 0 Å². The minimum absolute atomic E-state index is 0.0748. The van der Waals surface area contributed by atoms with Gasteiger partial charge in [-0.1, -0.05) is 76.2 Å². The molecule has 326 valence electrons. The fourth-order valence-electron chi connectivity index (χ4n) is 9.26. The van der Waals surface area contributed by atoms with Crippen LogP contribution in [0.15, 0.2) is 66.7 Å². The molecule has 2 fully saturated rings. The van der Waals surface area contributed by atoms with Gasteiger partial charge in [-0.2, -0.15) is 5.06 Å². The summed E-state index contributed by atoms with van der Waals surface area (Å²) >= 11 is 0. The van der Waals surface area contributed by atoms with Crippen LogP contribution < -0.4 is 26.0 Å². The van der Waals surface area contributed by atoms with Crippen LogP contribution in [0, 0.1) is 29.1 Å². The molecule has 5 rings (SSSR count). The molecule has 59 heavy (non-hydrogen) atoms. The molecule has 1 unspecified atom stereocenters. The molecule has 1 heterocycles. The zero-order valence-corrected chi connectivity index (χ0v) is 36.5. The second kappa shape index (κ2) is 20.3. The number of anilines is 1. The Hall–Kier alpha value is -3.63. The highest BCUT2D eigenvalue weighted by Gasteiger charge is 2.50. The number of amides is 1. The first-order valence-corrected chi connectivity index (χ1v) is 21.0. The lowest BCUT2D eigenvalue weighted by molar-refractivity contribution is -0.191. The van der Waals surface area contributed by atoms with Gasteiger partial charge < -0.3 is 46.0 Å². The minimum Gasteiger partial charge on any atom is -0.496 e. The van der Waals surface area contributed by atoms with Crippen molar-refractivity contribution in [2.24, 2.45) is 34.8 Å². The van der Waals surface area contributed by atoms with Crippen LogP contribution in [0.5, 0.6) is 5.75 Å². The third-order valence-corrected chi connectivity index (χ3v) is 13.1. The Morgan fingerprint density at radius 3 is 2.36 bits per heavy atom. The molecule has 3 aromatic carbocycles. The van der Waals surface area contributed by atoms with E-state index in [0.717, 1.165) is 28.8 Å². The lowest BCUT2D eigenvalue weighted by atomic mass is 9.52. The number of nitrogens with one attached hydrogen (secondary N) is 2. The van der Waals surface area contributed by atoms with E-state index in [1.807, 2.05) is 91.6 Å². The molecule has 2 aliphatic rings. The minimum atomic E-state index is -1.06. The largest absolute Gasteiger partial charge is 0.496 e. The number of carbonyl (C=O) groups is 1. The number of hydrogen-bond acceptors (Lipinski definition) is 12. The molecular weight excluding hydrogens is 749 g/mol. The maximum Gasteiger partial charge on any atom is 0.251 e. The van der Waals surface area contributed by atoms with Crippen molar-refractivity contribution in [2.45, 2.75) is 84.1 Å². The predicted octanol–water partition coefficient (Wildman–Crippen LogP) is 3.85. The average Bonchev–Trinajstić information content (AvgIpc) is 3.59. The molecule has 1 aliphatic heterocycles. The van der Waals surface area contributed by atoms with Gasteiger partial charge in [0.15, 0.2) is 0 Å². The van der Waals surface area contributed by atoms with Crippen LogP contribution in [-0.2, 0) is 11.4 Å². The SMILES string of the molecule is COc1c(CN2O[C@@H](CO)[C@@H]([C@H](C)O)[C@H]2C(O)NC[C@@H](C)[C@@H]2C[C@H](C)C2(C)C)cccc1-c1cc(C(=O)N[C@H](CN(C)C)[C@@H](N)c2ccccc2)cc(N(C)CCO)c1. The Balaban J connectivity index is 1.46. The van der Waals surface area contributed by atoms with E-state index < -0.39 is 42.5 Å². The summed E-state index contributed by atoms with van der Waals surface area (Å²) in [6.45, 7) is 12.0. The lowest BCUT2D eigenvalue weighted by Gasteiger charge is -2.54. The molecule has 0 spiro atoms. The number of ether oxygens (including phenoxy) is 1. The molecule has 1 amide bonds. The van der Waals surface area contributed by atoms with E-state index in [0.29, 0.717) is 54.3 Å². The quantitative estimate of drug-likeness (QED) is 0.0822. The predicted molar refractivity (Wildman–Crippen MR) is 233 cm³/mol. The molecule has 1 saturated carbocycles. The monoisotopic (exact) mass is 819 g/mol. The Morgan fingerprint density at radius 2 is 1.76 bits per heavy atom. The molecule has 1 aliphatic carbocycles. The third kappa shape index (κ3) is 10.6. The van der Waals surface area contributed by atoms with Crippen LogP contribution in [0.4, 0.5) is 5.69 Å². The van der Waals surface area contributed by atoms with Gasteiger partial charge in [0.05, 0.1) is 51.1 Å². The van der Waals surface area contributed by atoms with Crippen molar-refractivity contribution in [1.29, 1.82) is 0 Å². The van der Waals surface area contributed by atoms with Crippen LogP contribution in [0.1, 0.15) is 68.6 Å². The first-order chi connectivity index (χ1) is 28.0. The van der Waals surface area contributed by atoms with Crippen LogP contribution in [-0.4, -0.2) is 128 Å². The van der Waals surface area contributed by atoms with Crippen molar-refractivity contribution in [2.75, 3.05) is 66.0 Å². The van der Waals surface area contributed by atoms with E-state index in [1.54, 1.807) is 25.2 Å². The molecule has 13 nitrogen and oxygen atoms in total. The van der Waals surface area contributed by atoms with E-state index >= 15 is 0 Å². The number of nitrogens with two attached hydrogens (primary N) is 1. The average molecular weight is 819 g/mol. The normalized spacial score (nSPS) is 24.2. The van der Waals surface area contributed by atoms with E-state index in [9.17, 15) is 25.2 Å². The number of aliphatic hydroxyl groups excluding tert-OH is 4. The molecule has 13 heteroatoms. The van der Waals surface area contributed by atoms with Crippen molar-refractivity contribution in [3.8, 4) is 16.9 Å². The highest BCUT2D eigenvalue weighted by Crippen LogP contribution is 2.54. The van der Waals surface area contributed by atoms with Gasteiger partial charge in [0, 0.05) is 55.0 Å². The van der Waals surface area contributed by atoms with E-state index in [1.165, 1.54) is 0 Å². The number of hydroxylamine groups is 2. The number of methoxy groups -OCH3 is 1. The summed E-state index contributed by atoms with van der Waals surface area (Å²) in [7, 11) is 7.33. The van der Waals surface area contributed by atoms with Gasteiger partial charge in [0.2, 0.25) is 0 Å². The molecule has 0 radical (unpaired) electrons. The number of carbonyl (C=O) groups excluding carboxylic acids is 1. The van der Waals surface area contributed by atoms with Crippen molar-refractivity contribution in [3.63, 3.8) is 0 Å². The standard InChI is InChI=1S/C46H70N6O7/c1-28(37-20-29(2)46(37,4)5)24-48-45(57)42-40(30(3)55)39(27-54)59-52(42)25-32-16-13-17-36(43(32)58-9)33-21-34(23-35(22-33)51(8)18-19-53)44(56)49-38(26-50(6)7)41(47)31-14-11-10-12-15-31/h10-17,21-23,28-30,37-42,45,48,53-55,57H,18-20,24-27,47H2,1-9H3,(H,49,56)/t28-,29+,30+,37+,38-,39+,40-,41+,42+,45?/m1/s1. The van der Waals surface area contributed by atoms with Gasteiger partial charge in [-0.05, 0) is 79.9 Å². The summed E-state index contributed by atoms with van der Waals surface area (Å²) in [5.41, 5.74) is 11.2. The summed E-state index contributed by atoms with van der Waals surface area (Å²) in [5, 5.41) is 51.2. The van der Waals surface area contributed by atoms with E-state index in [-0.39, 0.29) is 31.1 Å². The summed E-state index contributed by atoms with van der Waals surface area (Å²) in [6.07, 6.45) is -1.52. The van der Waals surface area contributed by atoms with Crippen LogP contribution in [0.25, 0.3) is 11.1 Å². The summed E-state index contributed by atoms with van der Waals surface area (Å²) in [6, 6.07) is 19.5. The van der Waals surface area contributed by atoms with Crippen LogP contribution in [0.3, 0.4) is 0 Å². The zero-order valence-electron chi connectivity index (χ0n) is 36.5. The second-order valence-corrected chi connectivity index (χ2v) is 17.8. The van der Waals surface area contributed by atoms with Gasteiger partial charge in [0.25, 0.3) is 5.91 Å². The number of nitrogens with zero attached hydrogens (tertiary/aromatic N) is 3. The second-order valence-electron chi connectivity index (χ2n) is 17.8. The first kappa shape index (κ1) is 46.4. The lowest BCUT2D eigenvalue weighted by Crippen LogP contribution is -2.54. The summed E-state index contributed by atoms with van der Waals surface area (Å²) in [5.74, 6) is 1.15. The summed E-state index contributed by atoms with van der Waals surface area (Å²) < 4.78 is 6.12. The zero-order chi connectivity index (χ0) is 43.2. The topological polar surface area (TPSA) is 176 Å². The molecular formula is C46H70N6O7. The van der Waals surface area contributed by atoms with Crippen LogP contribution in [0.2, 0.25) is 0 Å². The van der Waals surface area contributed by atoms with Crippen molar-refractivity contribution >= 4 is 11.6 Å². The van der Waals surface area contributed by atoms with Gasteiger partial charge in [-0.25, -0.2) is 0 Å². The summed E-state index contributed by atoms with van der Waals surface area (Å²) in [4.78, 5) is 24.4. The van der Waals surface area contributed by atoms with E-state index in [2.05, 4.69) is 38.3 Å². The Kier molecular flexibility index (Phi) is 16.0. The van der Waals surface area contributed by atoms with Gasteiger partial charge in [0.1, 0.15) is 18.1 Å². The number of hydrogen-bond donors (Lipinski definition) is 7. The molecule has 0 bridgehead atoms. The van der Waals surface area contributed by atoms with E-state index in [4.69, 9.17) is 15.3 Å². The van der Waals surface area contributed by atoms with Gasteiger partial charge in [-0.3, -0.25) is 14.9 Å². The van der Waals surface area contributed by atoms with Crippen molar-refractivity contribution in [1.82, 2.24) is 20.6 Å². The number of benzene rings is 3. The number of rotatable bonds is 20. The Labute approximate surface area is 351 Å². The molecule has 10 atom stereocenters. The number of likely N-dealkylation sites (N-methyl/N-ethyl adjacent to an activating group) is 2. The fraction of sp³-hybridized carbons (Fsp3) is 0.587. The molecule has 8 N–H and O–H groups in total. The smallest absolute Gasteiger partial charge is 0.251 e. The fourth-order valence-corrected chi connectivity index (χ4v) is 9.26.